The molecular formula is C14H12F5NO3. The Morgan fingerprint density at radius 1 is 1.30 bits per heavy atom. The first-order valence-electron chi connectivity index (χ1n) is 6.35. The van der Waals surface area contributed by atoms with E-state index in [2.05, 4.69) is 4.74 Å². The van der Waals surface area contributed by atoms with Crippen LogP contribution in [0.15, 0.2) is 23.5 Å². The van der Waals surface area contributed by atoms with E-state index in [4.69, 9.17) is 10.5 Å². The van der Waals surface area contributed by atoms with Crippen LogP contribution in [0.2, 0.25) is 0 Å². The van der Waals surface area contributed by atoms with Crippen LogP contribution in [0.4, 0.5) is 22.0 Å². The number of primary amides is 1. The molecule has 0 radical (unpaired) electrons. The third-order valence-corrected chi connectivity index (χ3v) is 3.53. The van der Waals surface area contributed by atoms with Crippen molar-refractivity contribution in [1.82, 2.24) is 0 Å². The lowest BCUT2D eigenvalue weighted by Crippen LogP contribution is -2.34. The van der Waals surface area contributed by atoms with E-state index in [1.54, 1.807) is 0 Å². The van der Waals surface area contributed by atoms with E-state index in [9.17, 15) is 26.7 Å². The van der Waals surface area contributed by atoms with Gasteiger partial charge >= 0.3 is 6.18 Å². The van der Waals surface area contributed by atoms with Gasteiger partial charge in [0.1, 0.15) is 0 Å². The van der Waals surface area contributed by atoms with E-state index in [0.717, 1.165) is 26.2 Å². The van der Waals surface area contributed by atoms with Gasteiger partial charge in [-0.05, 0) is 18.6 Å². The molecular weight excluding hydrogens is 325 g/mol. The lowest BCUT2D eigenvalue weighted by molar-refractivity contribution is -0.144. The molecule has 23 heavy (non-hydrogen) atoms. The molecule has 1 amide bonds. The van der Waals surface area contributed by atoms with Crippen LogP contribution in [0, 0.1) is 11.6 Å². The van der Waals surface area contributed by atoms with E-state index in [0.29, 0.717) is 0 Å². The number of benzene rings is 1. The van der Waals surface area contributed by atoms with Crippen LogP contribution in [0.25, 0.3) is 0 Å². The minimum absolute atomic E-state index is 0.160. The molecule has 2 atom stereocenters. The van der Waals surface area contributed by atoms with E-state index in [1.165, 1.54) is 0 Å². The Balaban J connectivity index is 2.66. The maximum atomic E-state index is 13.8. The lowest BCUT2D eigenvalue weighted by atomic mass is 9.87. The summed E-state index contributed by atoms with van der Waals surface area (Å²) in [5.41, 5.74) is 4.56. The number of amides is 1. The van der Waals surface area contributed by atoms with Crippen molar-refractivity contribution in [2.75, 3.05) is 7.11 Å². The number of ether oxygens (including phenoxy) is 2. The number of halogens is 5. The molecule has 2 N–H and O–H groups in total. The average Bonchev–Trinajstić information content (AvgIpc) is 2.79. The number of carbonyl (C=O) groups is 1. The Bertz CT molecular complexity index is 684. The maximum Gasteiger partial charge on any atom is 0.448 e. The van der Waals surface area contributed by atoms with Crippen LogP contribution in [0.5, 0.6) is 5.75 Å². The third kappa shape index (κ3) is 2.82. The van der Waals surface area contributed by atoms with Gasteiger partial charge in [-0.1, -0.05) is 6.07 Å². The summed E-state index contributed by atoms with van der Waals surface area (Å²) < 4.78 is 75.4. The summed E-state index contributed by atoms with van der Waals surface area (Å²) in [5, 5.41) is 0. The van der Waals surface area contributed by atoms with Crippen molar-refractivity contribution in [1.29, 1.82) is 0 Å². The van der Waals surface area contributed by atoms with Gasteiger partial charge in [0, 0.05) is 5.56 Å². The standard InChI is InChI=1S/C14H12F5NO3/c1-5-8(6-3-4-7(15)9(16)10(6)22-2)11(13(20)21)23-12(5)14(17,18)19/h3-4,8,11H,1-2H3,(H2,20,21)/t8-,11+/m0/s1. The van der Waals surface area contributed by atoms with Gasteiger partial charge in [-0.25, -0.2) is 4.39 Å². The minimum Gasteiger partial charge on any atom is -0.493 e. The molecule has 9 heteroatoms. The Morgan fingerprint density at radius 2 is 1.91 bits per heavy atom. The van der Waals surface area contributed by atoms with Gasteiger partial charge in [-0.3, -0.25) is 4.79 Å². The normalized spacial score (nSPS) is 21.3. The van der Waals surface area contributed by atoms with Crippen LogP contribution < -0.4 is 10.5 Å². The van der Waals surface area contributed by atoms with Crippen LogP contribution in [-0.4, -0.2) is 25.3 Å². The number of methoxy groups -OCH3 is 1. The number of hydrogen-bond acceptors (Lipinski definition) is 3. The SMILES string of the molecule is COc1c([C@@H]2C(C)=C(C(F)(F)F)O[C@H]2C(N)=O)ccc(F)c1F. The van der Waals surface area contributed by atoms with Gasteiger partial charge < -0.3 is 15.2 Å². The number of carbonyl (C=O) groups excluding carboxylic acids is 1. The molecule has 0 aliphatic carbocycles. The largest absolute Gasteiger partial charge is 0.493 e. The molecule has 0 unspecified atom stereocenters. The Morgan fingerprint density at radius 3 is 2.39 bits per heavy atom. The average molecular weight is 337 g/mol. The molecule has 0 fully saturated rings. The fourth-order valence-electron chi connectivity index (χ4n) is 2.56. The summed E-state index contributed by atoms with van der Waals surface area (Å²) in [6.07, 6.45) is -6.55. The molecule has 0 aromatic heterocycles. The zero-order chi connectivity index (χ0) is 17.5. The highest BCUT2D eigenvalue weighted by Gasteiger charge is 2.50. The van der Waals surface area contributed by atoms with Crippen molar-refractivity contribution in [3.63, 3.8) is 0 Å². The monoisotopic (exact) mass is 337 g/mol. The van der Waals surface area contributed by atoms with Gasteiger partial charge in [-0.15, -0.1) is 0 Å². The van der Waals surface area contributed by atoms with Gasteiger partial charge in [0.05, 0.1) is 13.0 Å². The quantitative estimate of drug-likeness (QED) is 0.863. The van der Waals surface area contributed by atoms with Crippen molar-refractivity contribution in [3.8, 4) is 5.75 Å². The number of hydrogen-bond donors (Lipinski definition) is 1. The molecule has 0 bridgehead atoms. The minimum atomic E-state index is -4.85. The second-order valence-electron chi connectivity index (χ2n) is 4.91. The predicted molar refractivity (Wildman–Crippen MR) is 68.5 cm³/mol. The lowest BCUT2D eigenvalue weighted by Gasteiger charge is -2.20. The van der Waals surface area contributed by atoms with E-state index in [1.807, 2.05) is 0 Å². The van der Waals surface area contributed by atoms with Crippen molar-refractivity contribution >= 4 is 5.91 Å². The number of allylic oxidation sites excluding steroid dienone is 1. The molecule has 1 aliphatic rings. The maximum absolute atomic E-state index is 13.8. The van der Waals surface area contributed by atoms with Crippen molar-refractivity contribution in [3.05, 3.63) is 40.7 Å². The van der Waals surface area contributed by atoms with Crippen molar-refractivity contribution < 1.29 is 36.2 Å². The number of alkyl halides is 3. The van der Waals surface area contributed by atoms with Gasteiger partial charge in [0.15, 0.2) is 17.7 Å². The molecule has 0 saturated carbocycles. The number of nitrogens with two attached hydrogens (primary N) is 1. The Kier molecular flexibility index (Phi) is 4.23. The molecule has 1 aromatic carbocycles. The first kappa shape index (κ1) is 17.0. The smallest absolute Gasteiger partial charge is 0.448 e. The zero-order valence-corrected chi connectivity index (χ0v) is 12.0. The molecule has 1 aromatic rings. The Labute approximate surface area is 127 Å². The Hall–Kier alpha value is -2.32. The summed E-state index contributed by atoms with van der Waals surface area (Å²) in [6, 6.07) is 1.76. The van der Waals surface area contributed by atoms with Gasteiger partial charge in [0.2, 0.25) is 11.6 Å². The second kappa shape index (κ2) is 5.71. The highest BCUT2D eigenvalue weighted by molar-refractivity contribution is 5.82. The van der Waals surface area contributed by atoms with Crippen LogP contribution in [0.1, 0.15) is 18.4 Å². The molecule has 4 nitrogen and oxygen atoms in total. The third-order valence-electron chi connectivity index (χ3n) is 3.53. The fourth-order valence-corrected chi connectivity index (χ4v) is 2.56. The van der Waals surface area contributed by atoms with Crippen molar-refractivity contribution in [2.45, 2.75) is 25.1 Å². The first-order valence-corrected chi connectivity index (χ1v) is 6.35. The van der Waals surface area contributed by atoms with Crippen LogP contribution in [0.3, 0.4) is 0 Å². The van der Waals surface area contributed by atoms with Gasteiger partial charge in [-0.2, -0.15) is 17.6 Å². The highest BCUT2D eigenvalue weighted by Crippen LogP contribution is 2.47. The molecule has 1 heterocycles. The second-order valence-corrected chi connectivity index (χ2v) is 4.91. The first-order chi connectivity index (χ1) is 10.6. The molecule has 0 spiro atoms. The van der Waals surface area contributed by atoms with E-state index >= 15 is 0 Å². The molecule has 1 aliphatic heterocycles. The van der Waals surface area contributed by atoms with Crippen LogP contribution >= 0.6 is 0 Å². The topological polar surface area (TPSA) is 61.6 Å². The summed E-state index contributed by atoms with van der Waals surface area (Å²) >= 11 is 0. The zero-order valence-electron chi connectivity index (χ0n) is 12.0. The van der Waals surface area contributed by atoms with E-state index in [-0.39, 0.29) is 11.1 Å². The van der Waals surface area contributed by atoms with Gasteiger partial charge in [0.25, 0.3) is 5.91 Å². The predicted octanol–water partition coefficient (Wildman–Crippen LogP) is 2.78. The van der Waals surface area contributed by atoms with Crippen molar-refractivity contribution in [2.24, 2.45) is 5.73 Å². The van der Waals surface area contributed by atoms with Crippen LogP contribution in [-0.2, 0) is 9.53 Å². The fraction of sp³-hybridized carbons (Fsp3) is 0.357. The number of rotatable bonds is 3. The molecule has 2 rings (SSSR count). The van der Waals surface area contributed by atoms with E-state index < -0.39 is 47.2 Å². The summed E-state index contributed by atoms with van der Waals surface area (Å²) in [7, 11) is 1.03. The summed E-state index contributed by atoms with van der Waals surface area (Å²) in [6.45, 7) is 1.08. The summed E-state index contributed by atoms with van der Waals surface area (Å²) in [4.78, 5) is 11.4. The molecule has 0 saturated heterocycles. The molecule has 126 valence electrons. The highest BCUT2D eigenvalue weighted by atomic mass is 19.4. The summed E-state index contributed by atoms with van der Waals surface area (Å²) in [5.74, 6) is -7.10.